The molecule has 1 unspecified atom stereocenters. The van der Waals surface area contributed by atoms with Crippen LogP contribution in [-0.2, 0) is 9.53 Å². The monoisotopic (exact) mass is 335 g/mol. The number of unbranched alkanes of at least 4 members (excludes halogenated alkanes) is 7. The van der Waals surface area contributed by atoms with E-state index in [1.54, 1.807) is 12.1 Å². The molecule has 0 aliphatic heterocycles. The van der Waals surface area contributed by atoms with Crippen LogP contribution >= 0.6 is 0 Å². The van der Waals surface area contributed by atoms with E-state index in [1.807, 2.05) is 0 Å². The Morgan fingerprint density at radius 2 is 1.58 bits per heavy atom. The number of benzene rings is 1. The van der Waals surface area contributed by atoms with Crippen molar-refractivity contribution in [1.82, 2.24) is 0 Å². The zero-order chi connectivity index (χ0) is 17.8. The van der Waals surface area contributed by atoms with Crippen LogP contribution in [0.1, 0.15) is 76.2 Å². The lowest BCUT2D eigenvalue weighted by Crippen LogP contribution is -2.14. The summed E-state index contributed by atoms with van der Waals surface area (Å²) >= 11 is 0. The van der Waals surface area contributed by atoms with Gasteiger partial charge < -0.3 is 4.74 Å². The fourth-order valence-electron chi connectivity index (χ4n) is 2.87. The second-order valence-corrected chi connectivity index (χ2v) is 6.19. The van der Waals surface area contributed by atoms with Crippen molar-refractivity contribution in [1.29, 1.82) is 0 Å². The Morgan fingerprint density at radius 3 is 2.08 bits per heavy atom. The van der Waals surface area contributed by atoms with E-state index in [1.165, 1.54) is 57.8 Å². The van der Waals surface area contributed by atoms with Gasteiger partial charge in [-0.05, 0) is 12.0 Å². The minimum atomic E-state index is -0.435. The quantitative estimate of drug-likeness (QED) is 0.222. The number of hydrogen-bond acceptors (Lipinski definition) is 4. The predicted molar refractivity (Wildman–Crippen MR) is 95.1 cm³/mol. The lowest BCUT2D eigenvalue weighted by atomic mass is 9.92. The van der Waals surface area contributed by atoms with E-state index in [0.29, 0.717) is 0 Å². The van der Waals surface area contributed by atoms with Gasteiger partial charge in [-0.2, -0.15) is 0 Å². The Bertz CT molecular complexity index is 499. The second kappa shape index (κ2) is 11.6. The summed E-state index contributed by atoms with van der Waals surface area (Å²) in [5.74, 6) is -0.609. The van der Waals surface area contributed by atoms with Gasteiger partial charge in [0.2, 0.25) is 0 Å². The Balaban J connectivity index is 2.45. The SMILES string of the molecule is CCCCCCCCCCC(C(=O)OC)c1ccc([N+](=O)[O-])cc1. The molecule has 0 radical (unpaired) electrons. The van der Waals surface area contributed by atoms with Crippen molar-refractivity contribution in [2.75, 3.05) is 7.11 Å². The molecule has 5 nitrogen and oxygen atoms in total. The van der Waals surface area contributed by atoms with Crippen molar-refractivity contribution in [3.05, 3.63) is 39.9 Å². The number of hydrogen-bond donors (Lipinski definition) is 0. The molecular formula is C19H29NO4. The van der Waals surface area contributed by atoms with Crippen LogP contribution in [0, 0.1) is 10.1 Å². The van der Waals surface area contributed by atoms with Crippen molar-refractivity contribution < 1.29 is 14.5 Å². The second-order valence-electron chi connectivity index (χ2n) is 6.19. The zero-order valence-corrected chi connectivity index (χ0v) is 14.8. The number of nitrogens with zero attached hydrogens (tertiary/aromatic N) is 1. The number of non-ortho nitro benzene ring substituents is 1. The van der Waals surface area contributed by atoms with E-state index in [4.69, 9.17) is 4.74 Å². The van der Waals surface area contributed by atoms with Gasteiger partial charge in [-0.3, -0.25) is 14.9 Å². The van der Waals surface area contributed by atoms with Crippen LogP contribution in [0.25, 0.3) is 0 Å². The Morgan fingerprint density at radius 1 is 1.04 bits per heavy atom. The molecular weight excluding hydrogens is 306 g/mol. The number of nitro groups is 1. The lowest BCUT2D eigenvalue weighted by Gasteiger charge is -2.15. The van der Waals surface area contributed by atoms with E-state index >= 15 is 0 Å². The number of nitro benzene ring substituents is 1. The molecule has 0 amide bonds. The van der Waals surface area contributed by atoms with E-state index in [2.05, 4.69) is 6.92 Å². The van der Waals surface area contributed by atoms with Crippen LogP contribution in [0.5, 0.6) is 0 Å². The molecule has 0 aromatic heterocycles. The molecule has 134 valence electrons. The highest BCUT2D eigenvalue weighted by Crippen LogP contribution is 2.26. The van der Waals surface area contributed by atoms with Crippen LogP contribution < -0.4 is 0 Å². The van der Waals surface area contributed by atoms with Crippen molar-refractivity contribution in [2.24, 2.45) is 0 Å². The smallest absolute Gasteiger partial charge is 0.313 e. The molecule has 0 N–H and O–H groups in total. The summed E-state index contributed by atoms with van der Waals surface area (Å²) in [6.07, 6.45) is 10.4. The first-order chi connectivity index (χ1) is 11.6. The van der Waals surface area contributed by atoms with E-state index in [-0.39, 0.29) is 17.6 Å². The fourth-order valence-corrected chi connectivity index (χ4v) is 2.87. The molecule has 1 atom stereocenters. The first-order valence-electron chi connectivity index (χ1n) is 8.92. The van der Waals surface area contributed by atoms with E-state index in [9.17, 15) is 14.9 Å². The molecule has 0 aliphatic rings. The number of esters is 1. The van der Waals surface area contributed by atoms with E-state index in [0.717, 1.165) is 24.8 Å². The van der Waals surface area contributed by atoms with Gasteiger partial charge in [0.05, 0.1) is 18.0 Å². The summed E-state index contributed by atoms with van der Waals surface area (Å²) in [7, 11) is 1.38. The topological polar surface area (TPSA) is 69.4 Å². The van der Waals surface area contributed by atoms with Crippen molar-refractivity contribution in [3.63, 3.8) is 0 Å². The standard InChI is InChI=1S/C19H29NO4/c1-3-4-5-6-7-8-9-10-11-18(19(21)24-2)16-12-14-17(15-13-16)20(22)23/h12-15,18H,3-11H2,1-2H3. The van der Waals surface area contributed by atoms with Gasteiger partial charge >= 0.3 is 5.97 Å². The lowest BCUT2D eigenvalue weighted by molar-refractivity contribution is -0.384. The van der Waals surface area contributed by atoms with Gasteiger partial charge in [-0.15, -0.1) is 0 Å². The molecule has 1 rings (SSSR count). The summed E-state index contributed by atoms with van der Waals surface area (Å²) in [4.78, 5) is 22.3. The number of methoxy groups -OCH3 is 1. The highest BCUT2D eigenvalue weighted by atomic mass is 16.6. The van der Waals surface area contributed by atoms with Gasteiger partial charge in [0, 0.05) is 12.1 Å². The van der Waals surface area contributed by atoms with Crippen LogP contribution in [-0.4, -0.2) is 18.0 Å². The largest absolute Gasteiger partial charge is 0.469 e. The molecule has 0 spiro atoms. The summed E-state index contributed by atoms with van der Waals surface area (Å²) in [6.45, 7) is 2.21. The molecule has 0 saturated heterocycles. The average molecular weight is 335 g/mol. The average Bonchev–Trinajstić information content (AvgIpc) is 2.60. The third kappa shape index (κ3) is 7.11. The maximum atomic E-state index is 12.0. The minimum Gasteiger partial charge on any atom is -0.469 e. The first kappa shape index (κ1) is 20.1. The van der Waals surface area contributed by atoms with Gasteiger partial charge in [0.25, 0.3) is 5.69 Å². The normalized spacial score (nSPS) is 11.9. The van der Waals surface area contributed by atoms with Crippen LogP contribution in [0.3, 0.4) is 0 Å². The molecule has 5 heteroatoms. The number of carbonyl (C=O) groups is 1. The molecule has 0 saturated carbocycles. The molecule has 0 heterocycles. The molecule has 0 fully saturated rings. The maximum Gasteiger partial charge on any atom is 0.313 e. The third-order valence-corrected chi connectivity index (χ3v) is 4.34. The maximum absolute atomic E-state index is 12.0. The Labute approximate surface area is 144 Å². The van der Waals surface area contributed by atoms with Gasteiger partial charge in [0.1, 0.15) is 0 Å². The molecule has 24 heavy (non-hydrogen) atoms. The van der Waals surface area contributed by atoms with E-state index < -0.39 is 4.92 Å². The Kier molecular flexibility index (Phi) is 9.73. The number of carbonyl (C=O) groups excluding carboxylic acids is 1. The molecule has 0 bridgehead atoms. The highest BCUT2D eigenvalue weighted by Gasteiger charge is 2.21. The van der Waals surface area contributed by atoms with Crippen LogP contribution in [0.4, 0.5) is 5.69 Å². The highest BCUT2D eigenvalue weighted by molar-refractivity contribution is 5.78. The van der Waals surface area contributed by atoms with Crippen molar-refractivity contribution in [2.45, 2.75) is 70.6 Å². The van der Waals surface area contributed by atoms with Crippen LogP contribution in [0.2, 0.25) is 0 Å². The predicted octanol–water partition coefficient (Wildman–Crippen LogP) is 5.38. The summed E-state index contributed by atoms with van der Waals surface area (Å²) in [5, 5.41) is 10.7. The molecule has 1 aromatic carbocycles. The van der Waals surface area contributed by atoms with Crippen molar-refractivity contribution in [3.8, 4) is 0 Å². The summed E-state index contributed by atoms with van der Waals surface area (Å²) in [6, 6.07) is 6.20. The minimum absolute atomic E-state index is 0.0365. The summed E-state index contributed by atoms with van der Waals surface area (Å²) < 4.78 is 4.89. The summed E-state index contributed by atoms with van der Waals surface area (Å²) in [5.41, 5.74) is 0.824. The number of ether oxygens (including phenoxy) is 1. The third-order valence-electron chi connectivity index (χ3n) is 4.34. The van der Waals surface area contributed by atoms with Gasteiger partial charge in [0.15, 0.2) is 0 Å². The first-order valence-corrected chi connectivity index (χ1v) is 8.92. The zero-order valence-electron chi connectivity index (χ0n) is 14.8. The Hall–Kier alpha value is -1.91. The van der Waals surface area contributed by atoms with Gasteiger partial charge in [-0.25, -0.2) is 0 Å². The fraction of sp³-hybridized carbons (Fsp3) is 0.632. The number of rotatable bonds is 12. The van der Waals surface area contributed by atoms with Crippen molar-refractivity contribution >= 4 is 11.7 Å². The van der Waals surface area contributed by atoms with Gasteiger partial charge in [-0.1, -0.05) is 70.4 Å². The molecule has 1 aromatic rings. The van der Waals surface area contributed by atoms with Crippen LogP contribution in [0.15, 0.2) is 24.3 Å². The molecule has 0 aliphatic carbocycles.